The molecule has 10 heteroatoms. The van der Waals surface area contributed by atoms with Crippen LogP contribution >= 0.6 is 11.6 Å². The number of morpholine rings is 1. The van der Waals surface area contributed by atoms with Gasteiger partial charge in [0.15, 0.2) is 0 Å². The van der Waals surface area contributed by atoms with Crippen LogP contribution in [0.2, 0.25) is 5.02 Å². The van der Waals surface area contributed by atoms with Crippen molar-refractivity contribution in [3.63, 3.8) is 0 Å². The van der Waals surface area contributed by atoms with Gasteiger partial charge in [0, 0.05) is 36.5 Å². The number of carbonyl (C=O) groups is 2. The van der Waals surface area contributed by atoms with E-state index in [1.165, 1.54) is 12.1 Å². The predicted octanol–water partition coefficient (Wildman–Crippen LogP) is 2.10. The average Bonchev–Trinajstić information content (AvgIpc) is 2.63. The van der Waals surface area contributed by atoms with Crippen LogP contribution in [0.3, 0.4) is 0 Å². The molecule has 1 aliphatic heterocycles. The molecule has 0 bridgehead atoms. The number of benzene rings is 1. The fourth-order valence-electron chi connectivity index (χ4n) is 2.52. The lowest BCUT2D eigenvalue weighted by Gasteiger charge is -2.28. The first-order valence-electron chi connectivity index (χ1n) is 8.31. The van der Waals surface area contributed by atoms with Gasteiger partial charge < -0.3 is 14.9 Å². The molecule has 0 saturated carbocycles. The highest BCUT2D eigenvalue weighted by Gasteiger charge is 2.28. The monoisotopic (exact) mass is 397 g/mol. The van der Waals surface area contributed by atoms with E-state index in [1.807, 2.05) is 0 Å². The third-order valence-electron chi connectivity index (χ3n) is 3.82. The number of allylic oxidation sites excluding steroid dienone is 1. The van der Waals surface area contributed by atoms with Crippen molar-refractivity contribution in [2.24, 2.45) is 0 Å². The summed E-state index contributed by atoms with van der Waals surface area (Å²) in [6.45, 7) is 5.41. The first-order chi connectivity index (χ1) is 12.8. The highest BCUT2D eigenvalue weighted by molar-refractivity contribution is 6.37. The van der Waals surface area contributed by atoms with E-state index in [9.17, 15) is 19.7 Å². The van der Waals surface area contributed by atoms with E-state index < -0.39 is 16.7 Å². The van der Waals surface area contributed by atoms with Crippen LogP contribution in [0.4, 0.5) is 5.69 Å². The van der Waals surface area contributed by atoms with Crippen molar-refractivity contribution < 1.29 is 24.0 Å². The molecule has 0 aliphatic carbocycles. The summed E-state index contributed by atoms with van der Waals surface area (Å²) in [5.41, 5.74) is 2.57. The van der Waals surface area contributed by atoms with Crippen LogP contribution < -0.4 is 5.43 Å². The van der Waals surface area contributed by atoms with Crippen molar-refractivity contribution in [2.75, 3.05) is 32.9 Å². The Bertz CT molecular complexity index is 774. The van der Waals surface area contributed by atoms with Gasteiger partial charge in [0.2, 0.25) is 5.78 Å². The second kappa shape index (κ2) is 9.45. The van der Waals surface area contributed by atoms with Crippen LogP contribution in [-0.4, -0.2) is 54.6 Å². The van der Waals surface area contributed by atoms with Crippen LogP contribution in [0.1, 0.15) is 24.2 Å². The van der Waals surface area contributed by atoms with Crippen molar-refractivity contribution in [3.05, 3.63) is 50.2 Å². The third kappa shape index (κ3) is 5.25. The van der Waals surface area contributed by atoms with Crippen molar-refractivity contribution >= 4 is 29.0 Å². The van der Waals surface area contributed by atoms with Crippen molar-refractivity contribution in [3.8, 4) is 0 Å². The standard InChI is InChI=1S/C17H20ClN3O6/c1-3-27-17(23)15(11(2)19-20-6-8-26-9-7-20)16(22)13-10-12(21(24)25)4-5-14(13)18/h4-5,10,19H,3,6-9H2,1-2H3/b15-11-. The summed E-state index contributed by atoms with van der Waals surface area (Å²) in [4.78, 5) is 35.8. The molecule has 1 aromatic carbocycles. The number of nitro groups is 1. The molecule has 1 aliphatic rings. The lowest BCUT2D eigenvalue weighted by Crippen LogP contribution is -2.45. The molecule has 0 unspecified atom stereocenters. The number of hydrazine groups is 1. The topological polar surface area (TPSA) is 111 Å². The van der Waals surface area contributed by atoms with Gasteiger partial charge in [0.25, 0.3) is 5.69 Å². The predicted molar refractivity (Wildman–Crippen MR) is 97.3 cm³/mol. The minimum absolute atomic E-state index is 0.00608. The summed E-state index contributed by atoms with van der Waals surface area (Å²) >= 11 is 6.05. The molecule has 1 heterocycles. The maximum Gasteiger partial charge on any atom is 0.343 e. The van der Waals surface area contributed by atoms with Gasteiger partial charge in [-0.25, -0.2) is 9.80 Å². The molecule has 27 heavy (non-hydrogen) atoms. The number of rotatable bonds is 7. The average molecular weight is 398 g/mol. The summed E-state index contributed by atoms with van der Waals surface area (Å²) < 4.78 is 10.3. The molecule has 1 aromatic rings. The van der Waals surface area contributed by atoms with Crippen molar-refractivity contribution in [2.45, 2.75) is 13.8 Å². The van der Waals surface area contributed by atoms with Crippen LogP contribution in [0, 0.1) is 10.1 Å². The smallest absolute Gasteiger partial charge is 0.343 e. The van der Waals surface area contributed by atoms with E-state index in [0.29, 0.717) is 26.3 Å². The Hall–Kier alpha value is -2.49. The number of hydrogen-bond acceptors (Lipinski definition) is 8. The molecule has 0 radical (unpaired) electrons. The highest BCUT2D eigenvalue weighted by Crippen LogP contribution is 2.25. The second-order valence-electron chi connectivity index (χ2n) is 5.68. The Labute approximate surface area is 161 Å². The Morgan fingerprint density at radius 3 is 2.63 bits per heavy atom. The number of nitro benzene ring substituents is 1. The fourth-order valence-corrected chi connectivity index (χ4v) is 2.73. The molecule has 9 nitrogen and oxygen atoms in total. The van der Waals surface area contributed by atoms with Gasteiger partial charge in [0.05, 0.1) is 29.8 Å². The van der Waals surface area contributed by atoms with Gasteiger partial charge in [-0.2, -0.15) is 0 Å². The van der Waals surface area contributed by atoms with E-state index in [-0.39, 0.29) is 34.2 Å². The first kappa shape index (κ1) is 20.8. The number of halogens is 1. The third-order valence-corrected chi connectivity index (χ3v) is 4.15. The minimum Gasteiger partial charge on any atom is -0.462 e. The molecule has 0 atom stereocenters. The Morgan fingerprint density at radius 2 is 2.04 bits per heavy atom. The number of hydrogen-bond donors (Lipinski definition) is 1. The molecule has 0 amide bonds. The van der Waals surface area contributed by atoms with Crippen LogP contribution in [0.5, 0.6) is 0 Å². The molecule has 1 fully saturated rings. The van der Waals surface area contributed by atoms with E-state index in [1.54, 1.807) is 18.9 Å². The Morgan fingerprint density at radius 1 is 1.37 bits per heavy atom. The zero-order valence-electron chi connectivity index (χ0n) is 15.0. The van der Waals surface area contributed by atoms with Gasteiger partial charge in [-0.15, -0.1) is 0 Å². The van der Waals surface area contributed by atoms with Gasteiger partial charge in [-0.3, -0.25) is 14.9 Å². The zero-order valence-corrected chi connectivity index (χ0v) is 15.7. The summed E-state index contributed by atoms with van der Waals surface area (Å²) in [6, 6.07) is 3.48. The highest BCUT2D eigenvalue weighted by atomic mass is 35.5. The van der Waals surface area contributed by atoms with E-state index in [2.05, 4.69) is 5.43 Å². The molecule has 2 rings (SSSR count). The largest absolute Gasteiger partial charge is 0.462 e. The number of ether oxygens (including phenoxy) is 2. The van der Waals surface area contributed by atoms with Crippen LogP contribution in [-0.2, 0) is 14.3 Å². The minimum atomic E-state index is -0.830. The molecular weight excluding hydrogens is 378 g/mol. The normalized spacial score (nSPS) is 15.7. The summed E-state index contributed by atoms with van der Waals surface area (Å²) in [5.74, 6) is -1.58. The lowest BCUT2D eigenvalue weighted by atomic mass is 10.0. The number of Topliss-reactive ketones (excluding diaryl/α,β-unsaturated/α-hetero) is 1. The molecule has 0 aromatic heterocycles. The summed E-state index contributed by atoms with van der Waals surface area (Å²) in [7, 11) is 0. The number of nitrogens with zero attached hydrogens (tertiary/aromatic N) is 2. The molecule has 1 saturated heterocycles. The molecule has 1 N–H and O–H groups in total. The maximum atomic E-state index is 13.0. The number of non-ortho nitro benzene ring substituents is 1. The van der Waals surface area contributed by atoms with Crippen molar-refractivity contribution in [1.82, 2.24) is 10.4 Å². The summed E-state index contributed by atoms with van der Waals surface area (Å²) in [6.07, 6.45) is 0. The summed E-state index contributed by atoms with van der Waals surface area (Å²) in [5, 5.41) is 12.8. The van der Waals surface area contributed by atoms with E-state index in [0.717, 1.165) is 6.07 Å². The first-order valence-corrected chi connectivity index (χ1v) is 8.69. The Kier molecular flexibility index (Phi) is 7.28. The van der Waals surface area contributed by atoms with E-state index in [4.69, 9.17) is 21.1 Å². The number of ketones is 1. The van der Waals surface area contributed by atoms with Gasteiger partial charge >= 0.3 is 5.97 Å². The van der Waals surface area contributed by atoms with Gasteiger partial charge in [-0.1, -0.05) is 11.6 Å². The molecule has 146 valence electrons. The number of nitrogens with one attached hydrogen (secondary N) is 1. The quantitative estimate of drug-likeness (QED) is 0.142. The molecular formula is C17H20ClN3O6. The second-order valence-corrected chi connectivity index (χ2v) is 6.09. The van der Waals surface area contributed by atoms with Crippen molar-refractivity contribution in [1.29, 1.82) is 0 Å². The van der Waals surface area contributed by atoms with Gasteiger partial charge in [-0.05, 0) is 19.9 Å². The maximum absolute atomic E-state index is 13.0. The van der Waals surface area contributed by atoms with Crippen LogP contribution in [0.15, 0.2) is 29.5 Å². The number of carbonyl (C=O) groups excluding carboxylic acids is 2. The molecule has 0 spiro atoms. The van der Waals surface area contributed by atoms with Gasteiger partial charge in [0.1, 0.15) is 5.57 Å². The fraction of sp³-hybridized carbons (Fsp3) is 0.412. The van der Waals surface area contributed by atoms with E-state index >= 15 is 0 Å². The zero-order chi connectivity index (χ0) is 20.0. The number of esters is 1. The SMILES string of the molecule is CCOC(=O)/C(C(=O)c1cc([N+](=O)[O-])ccc1Cl)=C(/C)NN1CCOCC1. The lowest BCUT2D eigenvalue weighted by molar-refractivity contribution is -0.384. The van der Waals surface area contributed by atoms with Crippen LogP contribution in [0.25, 0.3) is 0 Å². The Balaban J connectivity index is 2.42.